The van der Waals surface area contributed by atoms with Gasteiger partial charge in [-0.3, -0.25) is 9.69 Å². The van der Waals surface area contributed by atoms with E-state index in [1.54, 1.807) is 0 Å². The van der Waals surface area contributed by atoms with Crippen LogP contribution in [-0.4, -0.2) is 55.0 Å². The molecule has 1 aliphatic heterocycles. The Kier molecular flexibility index (Phi) is 7.46. The number of carbonyl (C=O) groups excluding carboxylic acids is 1. The van der Waals surface area contributed by atoms with Crippen LogP contribution in [0.25, 0.3) is 0 Å². The molecule has 1 aliphatic rings. The Morgan fingerprint density at radius 3 is 2.50 bits per heavy atom. The van der Waals surface area contributed by atoms with Crippen LogP contribution in [0.1, 0.15) is 24.0 Å². The molecule has 0 radical (unpaired) electrons. The van der Waals surface area contributed by atoms with Gasteiger partial charge >= 0.3 is 0 Å². The van der Waals surface area contributed by atoms with Gasteiger partial charge < -0.3 is 15.4 Å². The highest BCUT2D eigenvalue weighted by atomic mass is 16.5. The number of piperidine rings is 1. The zero-order chi connectivity index (χ0) is 19.8. The minimum atomic E-state index is -0.453. The molecule has 0 atom stereocenters. The molecular formula is C23H31N3O2. The third kappa shape index (κ3) is 6.08. The van der Waals surface area contributed by atoms with Crippen molar-refractivity contribution in [2.75, 3.05) is 33.3 Å². The summed E-state index contributed by atoms with van der Waals surface area (Å²) in [5.74, 6) is 0.296. The van der Waals surface area contributed by atoms with Crippen molar-refractivity contribution < 1.29 is 9.53 Å². The third-order valence-corrected chi connectivity index (χ3v) is 5.45. The number of hydrogen-bond acceptors (Lipinski definition) is 4. The number of benzene rings is 2. The Balaban J connectivity index is 1.72. The number of likely N-dealkylation sites (tertiary alicyclic amines) is 1. The number of para-hydroxylation sites is 1. The summed E-state index contributed by atoms with van der Waals surface area (Å²) in [5.41, 5.74) is 7.72. The van der Waals surface area contributed by atoms with Gasteiger partial charge in [-0.05, 0) is 51.0 Å². The second-order valence-corrected chi connectivity index (χ2v) is 7.60. The Hall–Kier alpha value is -2.37. The van der Waals surface area contributed by atoms with Crippen LogP contribution >= 0.6 is 0 Å². The molecule has 0 aromatic heterocycles. The molecule has 1 heterocycles. The number of primary amides is 1. The zero-order valence-corrected chi connectivity index (χ0v) is 16.7. The smallest absolute Gasteiger partial charge is 0.255 e. The normalized spacial score (nSPS) is 15.6. The molecule has 2 aromatic rings. The van der Waals surface area contributed by atoms with Gasteiger partial charge in [0.25, 0.3) is 5.91 Å². The highest BCUT2D eigenvalue weighted by Gasteiger charge is 2.24. The van der Waals surface area contributed by atoms with E-state index in [-0.39, 0.29) is 6.61 Å². The Labute approximate surface area is 168 Å². The van der Waals surface area contributed by atoms with Gasteiger partial charge in [0.05, 0.1) is 0 Å². The SMILES string of the molecule is CN1CCC(N(CCc2ccccc2)Cc2ccccc2OCC(N)=O)CC1. The number of hydrogen-bond donors (Lipinski definition) is 1. The summed E-state index contributed by atoms with van der Waals surface area (Å²) in [6.07, 6.45) is 3.38. The van der Waals surface area contributed by atoms with Gasteiger partial charge in [-0.15, -0.1) is 0 Å². The van der Waals surface area contributed by atoms with E-state index in [2.05, 4.69) is 53.2 Å². The molecule has 0 saturated carbocycles. The Bertz CT molecular complexity index is 743. The average Bonchev–Trinajstić information content (AvgIpc) is 2.71. The van der Waals surface area contributed by atoms with E-state index >= 15 is 0 Å². The third-order valence-electron chi connectivity index (χ3n) is 5.45. The molecule has 0 aliphatic carbocycles. The molecule has 5 heteroatoms. The van der Waals surface area contributed by atoms with Crippen molar-refractivity contribution in [3.63, 3.8) is 0 Å². The lowest BCUT2D eigenvalue weighted by atomic mass is 10.0. The summed E-state index contributed by atoms with van der Waals surface area (Å²) >= 11 is 0. The highest BCUT2D eigenvalue weighted by molar-refractivity contribution is 5.75. The van der Waals surface area contributed by atoms with Crippen molar-refractivity contribution in [2.45, 2.75) is 31.8 Å². The van der Waals surface area contributed by atoms with Crippen molar-refractivity contribution in [1.82, 2.24) is 9.80 Å². The fourth-order valence-electron chi connectivity index (χ4n) is 3.81. The lowest BCUT2D eigenvalue weighted by Crippen LogP contribution is -2.44. The first-order chi connectivity index (χ1) is 13.6. The molecule has 0 unspecified atom stereocenters. The van der Waals surface area contributed by atoms with Crippen LogP contribution in [0.2, 0.25) is 0 Å². The maximum Gasteiger partial charge on any atom is 0.255 e. The number of nitrogens with zero attached hydrogens (tertiary/aromatic N) is 2. The zero-order valence-electron chi connectivity index (χ0n) is 16.7. The predicted molar refractivity (Wildman–Crippen MR) is 112 cm³/mol. The highest BCUT2D eigenvalue weighted by Crippen LogP contribution is 2.24. The van der Waals surface area contributed by atoms with E-state index in [0.29, 0.717) is 6.04 Å². The maximum absolute atomic E-state index is 11.1. The Morgan fingerprint density at radius 1 is 1.11 bits per heavy atom. The van der Waals surface area contributed by atoms with E-state index in [9.17, 15) is 4.79 Å². The maximum atomic E-state index is 11.1. The average molecular weight is 382 g/mol. The van der Waals surface area contributed by atoms with Crippen molar-refractivity contribution in [3.8, 4) is 5.75 Å². The van der Waals surface area contributed by atoms with Gasteiger partial charge in [-0.2, -0.15) is 0 Å². The standard InChI is InChI=1S/C23H31N3O2/c1-25-14-12-21(13-15-25)26(16-11-19-7-3-2-4-8-19)17-20-9-5-6-10-22(20)28-18-23(24)27/h2-10,21H,11-18H2,1H3,(H2,24,27). The van der Waals surface area contributed by atoms with Crippen LogP contribution in [0.5, 0.6) is 5.75 Å². The molecule has 2 N–H and O–H groups in total. The molecule has 1 fully saturated rings. The van der Waals surface area contributed by atoms with Crippen molar-refractivity contribution in [2.24, 2.45) is 5.73 Å². The summed E-state index contributed by atoms with van der Waals surface area (Å²) < 4.78 is 5.66. The van der Waals surface area contributed by atoms with Crippen LogP contribution in [0, 0.1) is 0 Å². The molecule has 3 rings (SSSR count). The monoisotopic (exact) mass is 381 g/mol. The molecule has 5 nitrogen and oxygen atoms in total. The summed E-state index contributed by atoms with van der Waals surface area (Å²) in [6, 6.07) is 19.2. The van der Waals surface area contributed by atoms with Gasteiger partial charge in [0.15, 0.2) is 6.61 Å². The van der Waals surface area contributed by atoms with Gasteiger partial charge in [-0.25, -0.2) is 0 Å². The predicted octanol–water partition coefficient (Wildman–Crippen LogP) is 2.69. The van der Waals surface area contributed by atoms with Crippen molar-refractivity contribution >= 4 is 5.91 Å². The second-order valence-electron chi connectivity index (χ2n) is 7.60. The van der Waals surface area contributed by atoms with E-state index < -0.39 is 5.91 Å². The van der Waals surface area contributed by atoms with Crippen molar-refractivity contribution in [1.29, 1.82) is 0 Å². The van der Waals surface area contributed by atoms with Crippen molar-refractivity contribution in [3.05, 3.63) is 65.7 Å². The van der Waals surface area contributed by atoms with Crippen LogP contribution in [0.3, 0.4) is 0 Å². The largest absolute Gasteiger partial charge is 0.483 e. The Morgan fingerprint density at radius 2 is 1.79 bits per heavy atom. The van der Waals surface area contributed by atoms with Crippen LogP contribution in [-0.2, 0) is 17.8 Å². The molecule has 0 bridgehead atoms. The number of nitrogens with two attached hydrogens (primary N) is 1. The summed E-state index contributed by atoms with van der Waals surface area (Å²) in [5, 5.41) is 0. The van der Waals surface area contributed by atoms with E-state index in [1.165, 1.54) is 18.4 Å². The molecule has 150 valence electrons. The summed E-state index contributed by atoms with van der Waals surface area (Å²) in [7, 11) is 2.19. The number of amides is 1. The van der Waals surface area contributed by atoms with Crippen LogP contribution in [0.15, 0.2) is 54.6 Å². The molecule has 1 saturated heterocycles. The van der Waals surface area contributed by atoms with E-state index in [4.69, 9.17) is 10.5 Å². The first-order valence-corrected chi connectivity index (χ1v) is 10.1. The molecule has 1 amide bonds. The molecular weight excluding hydrogens is 350 g/mol. The quantitative estimate of drug-likeness (QED) is 0.726. The fourth-order valence-corrected chi connectivity index (χ4v) is 3.81. The number of ether oxygens (including phenoxy) is 1. The fraction of sp³-hybridized carbons (Fsp3) is 0.435. The topological polar surface area (TPSA) is 58.8 Å². The minimum Gasteiger partial charge on any atom is -0.483 e. The molecule has 28 heavy (non-hydrogen) atoms. The first-order valence-electron chi connectivity index (χ1n) is 10.1. The van der Waals surface area contributed by atoms with Crippen LogP contribution < -0.4 is 10.5 Å². The number of rotatable bonds is 9. The van der Waals surface area contributed by atoms with Gasteiger partial charge in [0.2, 0.25) is 0 Å². The lowest BCUT2D eigenvalue weighted by molar-refractivity contribution is -0.119. The van der Waals surface area contributed by atoms with Gasteiger partial charge in [0.1, 0.15) is 5.75 Å². The van der Waals surface area contributed by atoms with E-state index in [0.717, 1.165) is 43.9 Å². The summed E-state index contributed by atoms with van der Waals surface area (Å²) in [6.45, 7) is 3.99. The van der Waals surface area contributed by atoms with Gasteiger partial charge in [0, 0.05) is 24.7 Å². The molecule has 0 spiro atoms. The lowest BCUT2D eigenvalue weighted by Gasteiger charge is -2.37. The molecule has 2 aromatic carbocycles. The second kappa shape index (κ2) is 10.2. The minimum absolute atomic E-state index is 0.0880. The summed E-state index contributed by atoms with van der Waals surface area (Å²) in [4.78, 5) is 16.1. The van der Waals surface area contributed by atoms with E-state index in [1.807, 2.05) is 18.2 Å². The van der Waals surface area contributed by atoms with Gasteiger partial charge in [-0.1, -0.05) is 48.5 Å². The van der Waals surface area contributed by atoms with Crippen LogP contribution in [0.4, 0.5) is 0 Å². The first kappa shape index (κ1) is 20.4. The number of carbonyl (C=O) groups is 1.